The van der Waals surface area contributed by atoms with E-state index in [1.165, 1.54) is 0 Å². The van der Waals surface area contributed by atoms with Gasteiger partial charge in [0.15, 0.2) is 0 Å². The summed E-state index contributed by atoms with van der Waals surface area (Å²) < 4.78 is 2.02. The van der Waals surface area contributed by atoms with Gasteiger partial charge >= 0.3 is 0 Å². The van der Waals surface area contributed by atoms with Gasteiger partial charge in [-0.15, -0.1) is 6.58 Å². The van der Waals surface area contributed by atoms with Crippen LogP contribution in [-0.4, -0.2) is 29.0 Å². The fraction of sp³-hybridized carbons (Fsp3) is 0.500. The van der Waals surface area contributed by atoms with Crippen LogP contribution in [0.2, 0.25) is 0 Å². The zero-order chi connectivity index (χ0) is 13.0. The van der Waals surface area contributed by atoms with Gasteiger partial charge in [0.05, 0.1) is 0 Å². The molecule has 94 valence electrons. The molecule has 1 aromatic heterocycles. The Labute approximate surface area is 104 Å². The van der Waals surface area contributed by atoms with Crippen LogP contribution in [0, 0.1) is 13.8 Å². The first kappa shape index (κ1) is 13.6. The van der Waals surface area contributed by atoms with E-state index in [1.54, 1.807) is 4.90 Å². The van der Waals surface area contributed by atoms with Crippen molar-refractivity contribution in [3.05, 3.63) is 35.7 Å². The van der Waals surface area contributed by atoms with Gasteiger partial charge in [-0.2, -0.15) is 0 Å². The summed E-state index contributed by atoms with van der Waals surface area (Å²) in [6, 6.07) is 2.05. The summed E-state index contributed by atoms with van der Waals surface area (Å²) in [6.45, 7) is 11.3. The van der Waals surface area contributed by atoms with Gasteiger partial charge in [0.2, 0.25) is 0 Å². The van der Waals surface area contributed by atoms with E-state index >= 15 is 0 Å². The van der Waals surface area contributed by atoms with Crippen molar-refractivity contribution in [1.82, 2.24) is 9.47 Å². The summed E-state index contributed by atoms with van der Waals surface area (Å²) in [4.78, 5) is 14.1. The first-order chi connectivity index (χ1) is 8.02. The van der Waals surface area contributed by atoms with E-state index in [0.29, 0.717) is 6.54 Å². The lowest BCUT2D eigenvalue weighted by atomic mass is 10.2. The molecule has 0 radical (unpaired) electrons. The molecular formula is C14H22N2O. The molecule has 3 nitrogen and oxygen atoms in total. The average molecular weight is 234 g/mol. The summed E-state index contributed by atoms with van der Waals surface area (Å²) >= 11 is 0. The van der Waals surface area contributed by atoms with Gasteiger partial charge in [0, 0.05) is 25.8 Å². The van der Waals surface area contributed by atoms with Crippen LogP contribution in [0.25, 0.3) is 0 Å². The molecule has 3 heteroatoms. The van der Waals surface area contributed by atoms with Crippen molar-refractivity contribution >= 4 is 5.91 Å². The van der Waals surface area contributed by atoms with Gasteiger partial charge in [0.1, 0.15) is 5.69 Å². The lowest BCUT2D eigenvalue weighted by Crippen LogP contribution is -2.30. The van der Waals surface area contributed by atoms with Gasteiger partial charge < -0.3 is 9.47 Å². The Hall–Kier alpha value is -1.51. The first-order valence-electron chi connectivity index (χ1n) is 6.06. The Bertz CT molecular complexity index is 418. The Morgan fingerprint density at radius 2 is 2.18 bits per heavy atom. The smallest absolute Gasteiger partial charge is 0.270 e. The van der Waals surface area contributed by atoms with Crippen molar-refractivity contribution in [2.45, 2.75) is 33.7 Å². The Morgan fingerprint density at radius 3 is 2.71 bits per heavy atom. The number of aromatic nitrogens is 1. The molecule has 1 heterocycles. The molecule has 0 bridgehead atoms. The topological polar surface area (TPSA) is 25.2 Å². The van der Waals surface area contributed by atoms with Crippen LogP contribution < -0.4 is 0 Å². The van der Waals surface area contributed by atoms with Gasteiger partial charge in [-0.25, -0.2) is 0 Å². The zero-order valence-corrected chi connectivity index (χ0v) is 11.3. The van der Waals surface area contributed by atoms with Crippen LogP contribution >= 0.6 is 0 Å². The average Bonchev–Trinajstić information content (AvgIpc) is 2.54. The predicted molar refractivity (Wildman–Crippen MR) is 71.4 cm³/mol. The highest BCUT2D eigenvalue weighted by molar-refractivity contribution is 5.94. The van der Waals surface area contributed by atoms with Crippen LogP contribution in [-0.2, 0) is 6.54 Å². The van der Waals surface area contributed by atoms with E-state index in [2.05, 4.69) is 19.6 Å². The van der Waals surface area contributed by atoms with Gasteiger partial charge in [0.25, 0.3) is 5.91 Å². The third-order valence-corrected chi connectivity index (χ3v) is 2.91. The van der Waals surface area contributed by atoms with E-state index in [0.717, 1.165) is 29.9 Å². The van der Waals surface area contributed by atoms with Crippen molar-refractivity contribution in [3.8, 4) is 0 Å². The van der Waals surface area contributed by atoms with Crippen molar-refractivity contribution in [2.24, 2.45) is 0 Å². The molecule has 0 N–H and O–H groups in total. The van der Waals surface area contributed by atoms with Crippen molar-refractivity contribution in [3.63, 3.8) is 0 Å². The van der Waals surface area contributed by atoms with Crippen LogP contribution in [0.3, 0.4) is 0 Å². The van der Waals surface area contributed by atoms with Gasteiger partial charge in [-0.05, 0) is 31.9 Å². The highest BCUT2D eigenvalue weighted by Gasteiger charge is 2.19. The van der Waals surface area contributed by atoms with E-state index in [-0.39, 0.29) is 5.91 Å². The number of hydrogen-bond donors (Lipinski definition) is 0. The van der Waals surface area contributed by atoms with Crippen LogP contribution in [0.5, 0.6) is 0 Å². The van der Waals surface area contributed by atoms with Gasteiger partial charge in [-0.3, -0.25) is 4.79 Å². The fourth-order valence-electron chi connectivity index (χ4n) is 2.12. The number of carbonyl (C=O) groups is 1. The number of rotatable bonds is 5. The van der Waals surface area contributed by atoms with Crippen molar-refractivity contribution in [2.75, 3.05) is 13.6 Å². The number of allylic oxidation sites excluding steroid dienone is 1. The second-order valence-electron chi connectivity index (χ2n) is 4.44. The number of aryl methyl sites for hydroxylation is 2. The summed E-state index contributed by atoms with van der Waals surface area (Å²) in [5.41, 5.74) is 2.94. The SMILES string of the molecule is C=CCn1c(C)cc(C)c1C(=O)N(C)CCC. The minimum Gasteiger partial charge on any atom is -0.340 e. The van der Waals surface area contributed by atoms with E-state index in [4.69, 9.17) is 0 Å². The van der Waals surface area contributed by atoms with Crippen LogP contribution in [0.1, 0.15) is 35.1 Å². The molecule has 0 fully saturated rings. The first-order valence-corrected chi connectivity index (χ1v) is 6.06. The summed E-state index contributed by atoms with van der Waals surface area (Å²) in [7, 11) is 1.85. The Balaban J connectivity index is 3.11. The van der Waals surface area contributed by atoms with Crippen molar-refractivity contribution in [1.29, 1.82) is 0 Å². The number of carbonyl (C=O) groups excluding carboxylic acids is 1. The van der Waals surface area contributed by atoms with E-state index in [9.17, 15) is 4.79 Å². The molecule has 0 atom stereocenters. The lowest BCUT2D eigenvalue weighted by molar-refractivity contribution is 0.0784. The number of hydrogen-bond acceptors (Lipinski definition) is 1. The second-order valence-corrected chi connectivity index (χ2v) is 4.44. The molecule has 1 amide bonds. The second kappa shape index (κ2) is 5.71. The Morgan fingerprint density at radius 1 is 1.53 bits per heavy atom. The van der Waals surface area contributed by atoms with Gasteiger partial charge in [-0.1, -0.05) is 13.0 Å². The standard InChI is InChI=1S/C14H22N2O/c1-6-8-15(5)14(17)13-11(3)10-12(4)16(13)9-7-2/h7,10H,2,6,8-9H2,1,3-5H3. The van der Waals surface area contributed by atoms with E-state index < -0.39 is 0 Å². The number of amides is 1. The predicted octanol–water partition coefficient (Wildman–Crippen LogP) is 2.77. The highest BCUT2D eigenvalue weighted by Crippen LogP contribution is 2.17. The fourth-order valence-corrected chi connectivity index (χ4v) is 2.12. The lowest BCUT2D eigenvalue weighted by Gasteiger charge is -2.18. The molecule has 0 spiro atoms. The monoisotopic (exact) mass is 234 g/mol. The number of nitrogens with zero attached hydrogens (tertiary/aromatic N) is 2. The van der Waals surface area contributed by atoms with Crippen LogP contribution in [0.15, 0.2) is 18.7 Å². The van der Waals surface area contributed by atoms with Crippen molar-refractivity contribution < 1.29 is 4.79 Å². The summed E-state index contributed by atoms with van der Waals surface area (Å²) in [6.07, 6.45) is 2.80. The Kier molecular flexibility index (Phi) is 4.55. The molecule has 1 aromatic rings. The zero-order valence-electron chi connectivity index (χ0n) is 11.3. The molecule has 17 heavy (non-hydrogen) atoms. The molecule has 0 aliphatic carbocycles. The normalized spacial score (nSPS) is 10.4. The van der Waals surface area contributed by atoms with Crippen LogP contribution in [0.4, 0.5) is 0 Å². The minimum absolute atomic E-state index is 0.0966. The maximum absolute atomic E-state index is 12.3. The maximum Gasteiger partial charge on any atom is 0.270 e. The summed E-state index contributed by atoms with van der Waals surface area (Å²) in [5.74, 6) is 0.0966. The third kappa shape index (κ3) is 2.78. The summed E-state index contributed by atoms with van der Waals surface area (Å²) in [5, 5.41) is 0. The molecular weight excluding hydrogens is 212 g/mol. The molecule has 0 aliphatic rings. The quantitative estimate of drug-likeness (QED) is 0.719. The van der Waals surface area contributed by atoms with E-state index in [1.807, 2.05) is 31.5 Å². The molecule has 0 saturated heterocycles. The minimum atomic E-state index is 0.0966. The largest absolute Gasteiger partial charge is 0.340 e. The molecule has 1 rings (SSSR count). The molecule has 0 aromatic carbocycles. The maximum atomic E-state index is 12.3. The molecule has 0 saturated carbocycles. The third-order valence-electron chi connectivity index (χ3n) is 2.91. The molecule has 0 unspecified atom stereocenters. The highest BCUT2D eigenvalue weighted by atomic mass is 16.2. The molecule has 0 aliphatic heterocycles.